The van der Waals surface area contributed by atoms with Gasteiger partial charge in [-0.2, -0.15) is 0 Å². The van der Waals surface area contributed by atoms with E-state index in [2.05, 4.69) is 46.8 Å². The van der Waals surface area contributed by atoms with Crippen LogP contribution in [-0.4, -0.2) is 11.7 Å². The Morgan fingerprint density at radius 1 is 1.21 bits per heavy atom. The van der Waals surface area contributed by atoms with Crippen LogP contribution in [0.3, 0.4) is 0 Å². The molecule has 0 bridgehead atoms. The molecule has 0 aromatic heterocycles. The maximum Gasteiger partial charge on any atom is 0.125 e. The quantitative estimate of drug-likeness (QED) is 0.865. The number of aliphatic hydroxyl groups is 1. The van der Waals surface area contributed by atoms with Crippen molar-refractivity contribution in [3.05, 3.63) is 29.3 Å². The Bertz CT molecular complexity index is 455. The van der Waals surface area contributed by atoms with Gasteiger partial charge in [-0.15, -0.1) is 0 Å². The van der Waals surface area contributed by atoms with E-state index in [9.17, 15) is 5.11 Å². The minimum absolute atomic E-state index is 0.102. The zero-order chi connectivity index (χ0) is 14.3. The summed E-state index contributed by atoms with van der Waals surface area (Å²) in [7, 11) is 0. The Hall–Kier alpha value is -1.02. The van der Waals surface area contributed by atoms with Crippen molar-refractivity contribution in [3.8, 4) is 5.75 Å². The second-order valence-corrected chi connectivity index (χ2v) is 7.53. The number of aliphatic hydroxyl groups excluding tert-OH is 1. The van der Waals surface area contributed by atoms with Crippen molar-refractivity contribution in [3.63, 3.8) is 0 Å². The second kappa shape index (κ2) is 4.82. The smallest absolute Gasteiger partial charge is 0.125 e. The number of hydrogen-bond acceptors (Lipinski definition) is 2. The maximum absolute atomic E-state index is 10.1. The topological polar surface area (TPSA) is 29.5 Å². The van der Waals surface area contributed by atoms with Crippen molar-refractivity contribution in [2.75, 3.05) is 6.61 Å². The second-order valence-electron chi connectivity index (χ2n) is 7.53. The number of rotatable bonds is 2. The molecule has 1 aliphatic rings. The summed E-state index contributed by atoms with van der Waals surface area (Å²) in [5.41, 5.74) is 2.62. The van der Waals surface area contributed by atoms with Gasteiger partial charge < -0.3 is 9.84 Å². The Kier molecular flexibility index (Phi) is 3.65. The van der Waals surface area contributed by atoms with Gasteiger partial charge in [-0.1, -0.05) is 40.7 Å². The Morgan fingerprint density at radius 2 is 1.89 bits per heavy atom. The molecule has 1 aromatic carbocycles. The first-order valence-electron chi connectivity index (χ1n) is 7.14. The predicted octanol–water partition coefficient (Wildman–Crippen LogP) is 4.22. The largest absolute Gasteiger partial charge is 0.493 e. The van der Waals surface area contributed by atoms with Gasteiger partial charge in [0.15, 0.2) is 0 Å². The summed E-state index contributed by atoms with van der Waals surface area (Å²) in [6.07, 6.45) is 1.42. The molecule has 0 fully saturated rings. The SMILES string of the molecule is CC(C)(C)CC(C)(C)c1ccc2c(c1)[C@H](O)CCO2. The third-order valence-corrected chi connectivity index (χ3v) is 3.77. The first kappa shape index (κ1) is 14.4. The summed E-state index contributed by atoms with van der Waals surface area (Å²) in [6.45, 7) is 12.0. The van der Waals surface area contributed by atoms with Crippen LogP contribution in [0.2, 0.25) is 0 Å². The summed E-state index contributed by atoms with van der Waals surface area (Å²) in [6, 6.07) is 6.28. The van der Waals surface area contributed by atoms with Gasteiger partial charge in [-0.25, -0.2) is 0 Å². The van der Waals surface area contributed by atoms with Gasteiger partial charge in [-0.05, 0) is 34.9 Å². The average Bonchev–Trinajstić information content (AvgIpc) is 2.26. The van der Waals surface area contributed by atoms with Crippen LogP contribution in [0.15, 0.2) is 18.2 Å². The monoisotopic (exact) mass is 262 g/mol. The molecule has 106 valence electrons. The minimum Gasteiger partial charge on any atom is -0.493 e. The average molecular weight is 262 g/mol. The third kappa shape index (κ3) is 3.30. The highest BCUT2D eigenvalue weighted by atomic mass is 16.5. The third-order valence-electron chi connectivity index (χ3n) is 3.77. The van der Waals surface area contributed by atoms with Gasteiger partial charge in [0.25, 0.3) is 0 Å². The van der Waals surface area contributed by atoms with Crippen LogP contribution in [0.25, 0.3) is 0 Å². The summed E-state index contributed by atoms with van der Waals surface area (Å²) in [5.74, 6) is 0.842. The molecule has 19 heavy (non-hydrogen) atoms. The molecule has 2 rings (SSSR count). The number of hydrogen-bond donors (Lipinski definition) is 1. The Labute approximate surface area is 116 Å². The zero-order valence-electron chi connectivity index (χ0n) is 12.8. The highest BCUT2D eigenvalue weighted by Crippen LogP contribution is 2.40. The molecule has 1 aliphatic heterocycles. The lowest BCUT2D eigenvalue weighted by Gasteiger charge is -2.34. The first-order valence-corrected chi connectivity index (χ1v) is 7.14. The first-order chi connectivity index (χ1) is 8.69. The summed E-state index contributed by atoms with van der Waals surface area (Å²) in [5, 5.41) is 10.1. The zero-order valence-corrected chi connectivity index (χ0v) is 12.8. The molecule has 0 radical (unpaired) electrons. The highest BCUT2D eigenvalue weighted by molar-refractivity contribution is 5.42. The van der Waals surface area contributed by atoms with Gasteiger partial charge in [0.1, 0.15) is 5.75 Å². The minimum atomic E-state index is -0.380. The Balaban J connectivity index is 2.33. The van der Waals surface area contributed by atoms with E-state index in [4.69, 9.17) is 4.74 Å². The van der Waals surface area contributed by atoms with Gasteiger partial charge >= 0.3 is 0 Å². The van der Waals surface area contributed by atoms with Crippen LogP contribution in [0.5, 0.6) is 5.75 Å². The van der Waals surface area contributed by atoms with Crippen LogP contribution in [-0.2, 0) is 5.41 Å². The van der Waals surface area contributed by atoms with E-state index < -0.39 is 0 Å². The van der Waals surface area contributed by atoms with Crippen LogP contribution in [0.4, 0.5) is 0 Å². The van der Waals surface area contributed by atoms with Crippen molar-refractivity contribution in [1.29, 1.82) is 0 Å². The lowest BCUT2D eigenvalue weighted by Crippen LogP contribution is -2.25. The van der Waals surface area contributed by atoms with E-state index >= 15 is 0 Å². The summed E-state index contributed by atoms with van der Waals surface area (Å²) >= 11 is 0. The van der Waals surface area contributed by atoms with Crippen LogP contribution in [0, 0.1) is 5.41 Å². The van der Waals surface area contributed by atoms with Gasteiger partial charge in [0.05, 0.1) is 12.7 Å². The van der Waals surface area contributed by atoms with E-state index in [-0.39, 0.29) is 16.9 Å². The van der Waals surface area contributed by atoms with E-state index in [0.717, 1.165) is 17.7 Å². The molecule has 0 spiro atoms. The van der Waals surface area contributed by atoms with Crippen molar-refractivity contribution in [1.82, 2.24) is 0 Å². The fraction of sp³-hybridized carbons (Fsp3) is 0.647. The molecule has 1 heterocycles. The van der Waals surface area contributed by atoms with Crippen LogP contribution in [0.1, 0.15) is 64.7 Å². The lowest BCUT2D eigenvalue weighted by molar-refractivity contribution is 0.115. The fourth-order valence-corrected chi connectivity index (χ4v) is 3.23. The van der Waals surface area contributed by atoms with Crippen molar-refractivity contribution in [2.45, 2.75) is 59.0 Å². The van der Waals surface area contributed by atoms with E-state index in [1.807, 2.05) is 6.07 Å². The number of ether oxygens (including phenoxy) is 1. The molecule has 0 unspecified atom stereocenters. The highest BCUT2D eigenvalue weighted by Gasteiger charge is 2.29. The maximum atomic E-state index is 10.1. The summed E-state index contributed by atoms with van der Waals surface area (Å²) < 4.78 is 5.60. The number of fused-ring (bicyclic) bond motifs is 1. The van der Waals surface area contributed by atoms with Crippen molar-refractivity contribution >= 4 is 0 Å². The standard InChI is InChI=1S/C17H26O2/c1-16(2,3)11-17(4,5)12-6-7-15-13(10-12)14(18)8-9-19-15/h6-7,10,14,18H,8-9,11H2,1-5H3/t14-/m1/s1. The van der Waals surface area contributed by atoms with E-state index in [1.165, 1.54) is 5.56 Å². The molecule has 0 saturated carbocycles. The molecule has 2 heteroatoms. The van der Waals surface area contributed by atoms with Gasteiger partial charge in [-0.3, -0.25) is 0 Å². The molecular weight excluding hydrogens is 236 g/mol. The predicted molar refractivity (Wildman–Crippen MR) is 78.6 cm³/mol. The van der Waals surface area contributed by atoms with Gasteiger partial charge in [0, 0.05) is 12.0 Å². The van der Waals surface area contributed by atoms with Gasteiger partial charge in [0.2, 0.25) is 0 Å². The fourth-order valence-electron chi connectivity index (χ4n) is 3.23. The number of benzene rings is 1. The molecule has 1 aromatic rings. The molecule has 1 atom stereocenters. The molecule has 0 aliphatic carbocycles. The van der Waals surface area contributed by atoms with Crippen LogP contribution < -0.4 is 4.74 Å². The molecular formula is C17H26O2. The van der Waals surface area contributed by atoms with E-state index in [1.54, 1.807) is 0 Å². The molecule has 0 saturated heterocycles. The van der Waals surface area contributed by atoms with Crippen molar-refractivity contribution in [2.24, 2.45) is 5.41 Å². The molecule has 0 amide bonds. The summed E-state index contributed by atoms with van der Waals surface area (Å²) in [4.78, 5) is 0. The van der Waals surface area contributed by atoms with E-state index in [0.29, 0.717) is 13.0 Å². The van der Waals surface area contributed by atoms with Crippen LogP contribution >= 0.6 is 0 Å². The lowest BCUT2D eigenvalue weighted by atomic mass is 9.72. The normalized spacial score (nSPS) is 19.8. The molecule has 1 N–H and O–H groups in total. The van der Waals surface area contributed by atoms with Crippen molar-refractivity contribution < 1.29 is 9.84 Å². The Morgan fingerprint density at radius 3 is 2.53 bits per heavy atom. The molecule has 2 nitrogen and oxygen atoms in total.